The van der Waals surface area contributed by atoms with Crippen molar-refractivity contribution in [3.63, 3.8) is 0 Å². The zero-order valence-corrected chi connectivity index (χ0v) is 11.9. The van der Waals surface area contributed by atoms with Gasteiger partial charge >= 0.3 is 12.0 Å². The molecule has 7 heteroatoms. The maximum absolute atomic E-state index is 11.6. The largest absolute Gasteiger partial charge is 0.481 e. The van der Waals surface area contributed by atoms with Gasteiger partial charge in [0.2, 0.25) is 5.91 Å². The summed E-state index contributed by atoms with van der Waals surface area (Å²) in [6.07, 6.45) is 1.68. The monoisotopic (exact) mass is 285 g/mol. The number of amides is 3. The highest BCUT2D eigenvalue weighted by molar-refractivity contribution is 5.84. The van der Waals surface area contributed by atoms with E-state index in [4.69, 9.17) is 5.11 Å². The molecule has 1 saturated carbocycles. The quantitative estimate of drug-likeness (QED) is 0.563. The summed E-state index contributed by atoms with van der Waals surface area (Å²) in [6.45, 7) is 4.47. The average molecular weight is 285 g/mol. The van der Waals surface area contributed by atoms with E-state index in [-0.39, 0.29) is 24.4 Å². The van der Waals surface area contributed by atoms with Gasteiger partial charge in [0.1, 0.15) is 0 Å². The van der Waals surface area contributed by atoms with E-state index in [1.54, 1.807) is 0 Å². The van der Waals surface area contributed by atoms with Crippen LogP contribution in [0.4, 0.5) is 4.79 Å². The predicted molar refractivity (Wildman–Crippen MR) is 73.1 cm³/mol. The third-order valence-electron chi connectivity index (χ3n) is 3.23. The van der Waals surface area contributed by atoms with E-state index in [2.05, 4.69) is 16.0 Å². The van der Waals surface area contributed by atoms with Gasteiger partial charge in [-0.3, -0.25) is 9.59 Å². The van der Waals surface area contributed by atoms with Gasteiger partial charge in [0.25, 0.3) is 0 Å². The van der Waals surface area contributed by atoms with Gasteiger partial charge in [0.15, 0.2) is 0 Å². The summed E-state index contributed by atoms with van der Waals surface area (Å²) in [7, 11) is 0. The molecule has 114 valence electrons. The number of carbonyl (C=O) groups excluding carboxylic acids is 2. The van der Waals surface area contributed by atoms with Gasteiger partial charge in [-0.15, -0.1) is 0 Å². The van der Waals surface area contributed by atoms with Crippen LogP contribution in [0.2, 0.25) is 0 Å². The fourth-order valence-corrected chi connectivity index (χ4v) is 2.11. The van der Waals surface area contributed by atoms with Crippen LogP contribution < -0.4 is 16.0 Å². The highest BCUT2D eigenvalue weighted by atomic mass is 16.4. The van der Waals surface area contributed by atoms with E-state index >= 15 is 0 Å². The maximum Gasteiger partial charge on any atom is 0.315 e. The van der Waals surface area contributed by atoms with E-state index in [0.717, 1.165) is 0 Å². The van der Waals surface area contributed by atoms with Gasteiger partial charge in [0.05, 0.1) is 12.5 Å². The van der Waals surface area contributed by atoms with Crippen LogP contribution in [0.1, 0.15) is 33.1 Å². The molecule has 0 aromatic heterocycles. The minimum atomic E-state index is -0.817. The first-order chi connectivity index (χ1) is 9.38. The molecular weight excluding hydrogens is 262 g/mol. The lowest BCUT2D eigenvalue weighted by atomic mass is 10.1. The van der Waals surface area contributed by atoms with E-state index in [1.165, 1.54) is 0 Å². The van der Waals surface area contributed by atoms with E-state index in [0.29, 0.717) is 31.7 Å². The molecule has 1 aliphatic carbocycles. The second-order valence-corrected chi connectivity index (χ2v) is 5.57. The van der Waals surface area contributed by atoms with Crippen LogP contribution in [0.5, 0.6) is 0 Å². The summed E-state index contributed by atoms with van der Waals surface area (Å²) in [5, 5.41) is 16.7. The zero-order chi connectivity index (χ0) is 15.1. The molecule has 20 heavy (non-hydrogen) atoms. The fraction of sp³-hybridized carbons (Fsp3) is 0.769. The van der Waals surface area contributed by atoms with Crippen LogP contribution in [-0.4, -0.2) is 42.1 Å². The summed E-state index contributed by atoms with van der Waals surface area (Å²) < 4.78 is 0. The van der Waals surface area contributed by atoms with Crippen LogP contribution in [0.25, 0.3) is 0 Å². The Balaban J connectivity index is 2.18. The smallest absolute Gasteiger partial charge is 0.315 e. The summed E-state index contributed by atoms with van der Waals surface area (Å²) in [4.78, 5) is 33.8. The number of carboxylic acid groups (broad SMARTS) is 1. The fourth-order valence-electron chi connectivity index (χ4n) is 2.11. The van der Waals surface area contributed by atoms with Gasteiger partial charge in [-0.25, -0.2) is 4.79 Å². The minimum Gasteiger partial charge on any atom is -0.481 e. The number of nitrogens with one attached hydrogen (secondary N) is 3. The molecular formula is C13H23N3O4. The molecule has 0 aromatic carbocycles. The highest BCUT2D eigenvalue weighted by Gasteiger charge is 2.30. The molecule has 0 spiro atoms. The molecule has 0 aliphatic heterocycles. The van der Waals surface area contributed by atoms with Gasteiger partial charge in [-0.1, -0.05) is 13.8 Å². The summed E-state index contributed by atoms with van der Waals surface area (Å²) >= 11 is 0. The first kappa shape index (κ1) is 16.3. The van der Waals surface area contributed by atoms with Crippen molar-refractivity contribution in [1.82, 2.24) is 16.0 Å². The van der Waals surface area contributed by atoms with Gasteiger partial charge in [-0.05, 0) is 25.2 Å². The SMILES string of the molecule is CC(C)CNC(=O)CNC(=O)NC1CCC(C(=O)O)C1. The predicted octanol–water partition coefficient (Wildman–Crippen LogP) is 0.311. The van der Waals surface area contributed by atoms with Gasteiger partial charge in [0, 0.05) is 12.6 Å². The van der Waals surface area contributed by atoms with Crippen molar-refractivity contribution in [2.45, 2.75) is 39.2 Å². The second-order valence-electron chi connectivity index (χ2n) is 5.57. The summed E-state index contributed by atoms with van der Waals surface area (Å²) in [5.41, 5.74) is 0. The van der Waals surface area contributed by atoms with E-state index in [1.807, 2.05) is 13.8 Å². The molecule has 4 N–H and O–H groups in total. The summed E-state index contributed by atoms with van der Waals surface area (Å²) in [5.74, 6) is -1.07. The summed E-state index contributed by atoms with van der Waals surface area (Å²) in [6, 6.07) is -0.560. The molecule has 3 amide bonds. The lowest BCUT2D eigenvalue weighted by molar-refractivity contribution is -0.141. The van der Waals surface area contributed by atoms with Crippen molar-refractivity contribution in [3.8, 4) is 0 Å². The standard InChI is InChI=1S/C13H23N3O4/c1-8(2)6-14-11(17)7-15-13(20)16-10-4-3-9(5-10)12(18)19/h8-10H,3-7H2,1-2H3,(H,14,17)(H,18,19)(H2,15,16,20). The first-order valence-electron chi connectivity index (χ1n) is 6.92. The van der Waals surface area contributed by atoms with Crippen LogP contribution in [-0.2, 0) is 9.59 Å². The second kappa shape index (κ2) is 7.72. The Kier molecular flexibility index (Phi) is 6.27. The van der Waals surface area contributed by atoms with E-state index < -0.39 is 12.0 Å². The Bertz CT molecular complexity index is 371. The number of aliphatic carboxylic acids is 1. The lowest BCUT2D eigenvalue weighted by Crippen LogP contribution is -2.45. The Morgan fingerprint density at radius 2 is 1.90 bits per heavy atom. The molecule has 7 nitrogen and oxygen atoms in total. The number of urea groups is 1. The van der Waals surface area contributed by atoms with Gasteiger partial charge < -0.3 is 21.1 Å². The van der Waals surface area contributed by atoms with Crippen molar-refractivity contribution in [3.05, 3.63) is 0 Å². The molecule has 0 aromatic rings. The highest BCUT2D eigenvalue weighted by Crippen LogP contribution is 2.25. The van der Waals surface area contributed by atoms with Crippen molar-refractivity contribution in [2.75, 3.05) is 13.1 Å². The van der Waals surface area contributed by atoms with Crippen molar-refractivity contribution < 1.29 is 19.5 Å². The molecule has 0 radical (unpaired) electrons. The Labute approximate surface area is 118 Å². The number of hydrogen-bond donors (Lipinski definition) is 4. The molecule has 2 unspecified atom stereocenters. The number of hydrogen-bond acceptors (Lipinski definition) is 3. The molecule has 1 aliphatic rings. The lowest BCUT2D eigenvalue weighted by Gasteiger charge is -2.13. The molecule has 0 bridgehead atoms. The van der Waals surface area contributed by atoms with E-state index in [9.17, 15) is 14.4 Å². The number of carbonyl (C=O) groups is 3. The topological polar surface area (TPSA) is 108 Å². The Morgan fingerprint density at radius 1 is 1.20 bits per heavy atom. The van der Waals surface area contributed by atoms with Crippen LogP contribution in [0, 0.1) is 11.8 Å². The first-order valence-corrected chi connectivity index (χ1v) is 6.92. The normalized spacial score (nSPS) is 21.6. The number of carboxylic acids is 1. The van der Waals surface area contributed by atoms with Crippen LogP contribution >= 0.6 is 0 Å². The minimum absolute atomic E-state index is 0.0758. The molecule has 1 fully saturated rings. The number of rotatable bonds is 6. The molecule has 1 rings (SSSR count). The van der Waals surface area contributed by atoms with Crippen molar-refractivity contribution in [1.29, 1.82) is 0 Å². The molecule has 0 saturated heterocycles. The average Bonchev–Trinajstić information content (AvgIpc) is 2.82. The van der Waals surface area contributed by atoms with Crippen LogP contribution in [0.15, 0.2) is 0 Å². The van der Waals surface area contributed by atoms with Crippen LogP contribution in [0.3, 0.4) is 0 Å². The zero-order valence-electron chi connectivity index (χ0n) is 11.9. The maximum atomic E-state index is 11.6. The van der Waals surface area contributed by atoms with Crippen molar-refractivity contribution >= 4 is 17.9 Å². The third kappa shape index (κ3) is 5.90. The Morgan fingerprint density at radius 3 is 2.45 bits per heavy atom. The molecule has 0 heterocycles. The molecule has 2 atom stereocenters. The van der Waals surface area contributed by atoms with Gasteiger partial charge in [-0.2, -0.15) is 0 Å². The Hall–Kier alpha value is -1.79. The van der Waals surface area contributed by atoms with Crippen molar-refractivity contribution in [2.24, 2.45) is 11.8 Å². The third-order valence-corrected chi connectivity index (χ3v) is 3.23.